The SMILES string of the molecule is C=C(/C=C(\OC)C(C)(C)C)NC(=O)C(C)(C)NCCC. The van der Waals surface area contributed by atoms with Crippen LogP contribution in [0.2, 0.25) is 0 Å². The van der Waals surface area contributed by atoms with Crippen LogP contribution in [0.4, 0.5) is 0 Å². The van der Waals surface area contributed by atoms with Gasteiger partial charge in [-0.3, -0.25) is 4.79 Å². The Balaban J connectivity index is 4.76. The average molecular weight is 282 g/mol. The highest BCUT2D eigenvalue weighted by atomic mass is 16.5. The molecule has 0 bridgehead atoms. The van der Waals surface area contributed by atoms with Crippen LogP contribution in [0.1, 0.15) is 48.0 Å². The fourth-order valence-electron chi connectivity index (χ4n) is 1.60. The number of carbonyl (C=O) groups excluding carboxylic acids is 1. The van der Waals surface area contributed by atoms with Gasteiger partial charge in [-0.1, -0.05) is 34.3 Å². The van der Waals surface area contributed by atoms with Gasteiger partial charge >= 0.3 is 0 Å². The van der Waals surface area contributed by atoms with Gasteiger partial charge in [0.2, 0.25) is 5.91 Å². The Hall–Kier alpha value is -1.29. The first-order chi connectivity index (χ1) is 9.04. The summed E-state index contributed by atoms with van der Waals surface area (Å²) in [6, 6.07) is 0. The summed E-state index contributed by atoms with van der Waals surface area (Å²) in [4.78, 5) is 12.2. The highest BCUT2D eigenvalue weighted by Gasteiger charge is 2.27. The second-order valence-corrected chi connectivity index (χ2v) is 6.49. The van der Waals surface area contributed by atoms with Gasteiger partial charge in [-0.05, 0) is 32.9 Å². The first-order valence-corrected chi connectivity index (χ1v) is 7.06. The second kappa shape index (κ2) is 7.48. The maximum absolute atomic E-state index is 12.2. The van der Waals surface area contributed by atoms with E-state index < -0.39 is 5.54 Å². The lowest BCUT2D eigenvalue weighted by molar-refractivity contribution is -0.125. The van der Waals surface area contributed by atoms with Crippen molar-refractivity contribution in [1.82, 2.24) is 10.6 Å². The van der Waals surface area contributed by atoms with Crippen molar-refractivity contribution >= 4 is 5.91 Å². The van der Waals surface area contributed by atoms with Crippen molar-refractivity contribution in [2.75, 3.05) is 13.7 Å². The molecule has 0 aliphatic carbocycles. The number of methoxy groups -OCH3 is 1. The van der Waals surface area contributed by atoms with Crippen molar-refractivity contribution in [2.24, 2.45) is 5.41 Å². The van der Waals surface area contributed by atoms with Crippen molar-refractivity contribution in [3.8, 4) is 0 Å². The van der Waals surface area contributed by atoms with Crippen LogP contribution >= 0.6 is 0 Å². The fourth-order valence-corrected chi connectivity index (χ4v) is 1.60. The van der Waals surface area contributed by atoms with E-state index >= 15 is 0 Å². The van der Waals surface area contributed by atoms with E-state index in [9.17, 15) is 4.79 Å². The van der Waals surface area contributed by atoms with Gasteiger partial charge in [0.05, 0.1) is 12.6 Å². The number of allylic oxidation sites excluding steroid dienone is 2. The lowest BCUT2D eigenvalue weighted by Crippen LogP contribution is -2.52. The normalized spacial score (nSPS) is 13.1. The molecule has 0 fully saturated rings. The summed E-state index contributed by atoms with van der Waals surface area (Å²) in [5, 5.41) is 6.02. The Morgan fingerprint density at radius 2 is 1.80 bits per heavy atom. The molecule has 0 saturated carbocycles. The number of hydrogen-bond donors (Lipinski definition) is 2. The fraction of sp³-hybridized carbons (Fsp3) is 0.688. The van der Waals surface area contributed by atoms with Crippen molar-refractivity contribution < 1.29 is 9.53 Å². The van der Waals surface area contributed by atoms with E-state index in [1.54, 1.807) is 13.2 Å². The zero-order valence-electron chi connectivity index (χ0n) is 14.0. The van der Waals surface area contributed by atoms with Crippen LogP contribution in [0.5, 0.6) is 0 Å². The third kappa shape index (κ3) is 6.24. The maximum atomic E-state index is 12.2. The first-order valence-electron chi connectivity index (χ1n) is 7.06. The molecule has 1 amide bonds. The summed E-state index contributed by atoms with van der Waals surface area (Å²) in [6.07, 6.45) is 2.75. The van der Waals surface area contributed by atoms with E-state index in [0.717, 1.165) is 18.7 Å². The molecular formula is C16H30N2O2. The number of hydrogen-bond acceptors (Lipinski definition) is 3. The van der Waals surface area contributed by atoms with Crippen LogP contribution < -0.4 is 10.6 Å². The number of carbonyl (C=O) groups is 1. The molecule has 0 heterocycles. The van der Waals surface area contributed by atoms with Crippen molar-refractivity contribution in [1.29, 1.82) is 0 Å². The molecule has 0 aromatic carbocycles. The highest BCUT2D eigenvalue weighted by Crippen LogP contribution is 2.26. The molecule has 0 aliphatic rings. The van der Waals surface area contributed by atoms with Crippen LogP contribution in [0.15, 0.2) is 24.1 Å². The third-order valence-electron chi connectivity index (χ3n) is 2.92. The zero-order chi connectivity index (χ0) is 16.0. The molecule has 20 heavy (non-hydrogen) atoms. The van der Waals surface area contributed by atoms with E-state index in [-0.39, 0.29) is 11.3 Å². The number of nitrogens with one attached hydrogen (secondary N) is 2. The maximum Gasteiger partial charge on any atom is 0.244 e. The molecule has 0 aromatic heterocycles. The molecule has 0 aliphatic heterocycles. The topological polar surface area (TPSA) is 50.4 Å². The smallest absolute Gasteiger partial charge is 0.244 e. The van der Waals surface area contributed by atoms with Crippen molar-refractivity contribution in [3.05, 3.63) is 24.1 Å². The first kappa shape index (κ1) is 18.7. The lowest BCUT2D eigenvalue weighted by atomic mass is 9.93. The van der Waals surface area contributed by atoms with Crippen LogP contribution in [0.25, 0.3) is 0 Å². The summed E-state index contributed by atoms with van der Waals surface area (Å²) in [7, 11) is 1.62. The molecule has 116 valence electrons. The van der Waals surface area contributed by atoms with Gasteiger partial charge in [-0.2, -0.15) is 0 Å². The van der Waals surface area contributed by atoms with E-state index in [1.165, 1.54) is 0 Å². The minimum Gasteiger partial charge on any atom is -0.500 e. The second-order valence-electron chi connectivity index (χ2n) is 6.49. The molecule has 0 atom stereocenters. The monoisotopic (exact) mass is 282 g/mol. The Kier molecular flexibility index (Phi) is 7.00. The van der Waals surface area contributed by atoms with Gasteiger partial charge in [0.25, 0.3) is 0 Å². The van der Waals surface area contributed by atoms with E-state index in [1.807, 2.05) is 34.6 Å². The molecular weight excluding hydrogens is 252 g/mol. The third-order valence-corrected chi connectivity index (χ3v) is 2.92. The van der Waals surface area contributed by atoms with Gasteiger partial charge in [0.1, 0.15) is 5.76 Å². The number of amides is 1. The Morgan fingerprint density at radius 1 is 1.25 bits per heavy atom. The molecule has 0 spiro atoms. The quantitative estimate of drug-likeness (QED) is 0.557. The largest absolute Gasteiger partial charge is 0.500 e. The molecule has 0 aromatic rings. The summed E-state index contributed by atoms with van der Waals surface area (Å²) in [6.45, 7) is 16.6. The van der Waals surface area contributed by atoms with Gasteiger partial charge in [-0.15, -0.1) is 0 Å². The summed E-state index contributed by atoms with van der Waals surface area (Å²) >= 11 is 0. The number of ether oxygens (including phenoxy) is 1. The van der Waals surface area contributed by atoms with Crippen LogP contribution in [-0.4, -0.2) is 25.1 Å². The Labute approximate surface area is 123 Å². The van der Waals surface area contributed by atoms with E-state index in [0.29, 0.717) is 5.70 Å². The molecule has 0 unspecified atom stereocenters. The standard InChI is InChI=1S/C16H30N2O2/c1-9-10-17-16(6,7)14(19)18-12(2)11-13(20-8)15(3,4)5/h11,17H,2,9-10H2,1,3-8H3,(H,18,19)/b13-11-. The molecule has 0 saturated heterocycles. The minimum absolute atomic E-state index is 0.100. The molecule has 4 heteroatoms. The van der Waals surface area contributed by atoms with Gasteiger partial charge in [0.15, 0.2) is 0 Å². The predicted molar refractivity (Wildman–Crippen MR) is 84.2 cm³/mol. The van der Waals surface area contributed by atoms with Gasteiger partial charge in [-0.25, -0.2) is 0 Å². The molecule has 2 N–H and O–H groups in total. The molecule has 0 radical (unpaired) electrons. The zero-order valence-corrected chi connectivity index (χ0v) is 14.0. The average Bonchev–Trinajstić information content (AvgIpc) is 2.31. The minimum atomic E-state index is -0.623. The summed E-state index contributed by atoms with van der Waals surface area (Å²) in [5.41, 5.74) is -0.215. The molecule has 4 nitrogen and oxygen atoms in total. The van der Waals surface area contributed by atoms with Crippen LogP contribution in [0, 0.1) is 5.41 Å². The van der Waals surface area contributed by atoms with E-state index in [2.05, 4.69) is 24.1 Å². The summed E-state index contributed by atoms with van der Waals surface area (Å²) < 4.78 is 5.35. The van der Waals surface area contributed by atoms with Crippen molar-refractivity contribution in [3.63, 3.8) is 0 Å². The van der Waals surface area contributed by atoms with Crippen LogP contribution in [0.3, 0.4) is 0 Å². The van der Waals surface area contributed by atoms with Crippen LogP contribution in [-0.2, 0) is 9.53 Å². The Bertz CT molecular complexity index is 376. The predicted octanol–water partition coefficient (Wildman–Crippen LogP) is 2.97. The van der Waals surface area contributed by atoms with Crippen molar-refractivity contribution in [2.45, 2.75) is 53.5 Å². The molecule has 0 rings (SSSR count). The highest BCUT2D eigenvalue weighted by molar-refractivity contribution is 5.87. The summed E-state index contributed by atoms with van der Waals surface area (Å²) in [5.74, 6) is 0.679. The van der Waals surface area contributed by atoms with E-state index in [4.69, 9.17) is 4.74 Å². The number of rotatable bonds is 7. The van der Waals surface area contributed by atoms with Gasteiger partial charge in [0, 0.05) is 11.1 Å². The van der Waals surface area contributed by atoms with Gasteiger partial charge < -0.3 is 15.4 Å². The Morgan fingerprint density at radius 3 is 2.20 bits per heavy atom. The lowest BCUT2D eigenvalue weighted by Gasteiger charge is -2.26.